The summed E-state index contributed by atoms with van der Waals surface area (Å²) in [6.07, 6.45) is 1.54. The number of benzene rings is 3. The molecule has 0 aliphatic heterocycles. The maximum Gasteiger partial charge on any atom is 0.408 e. The first-order valence-corrected chi connectivity index (χ1v) is 18.0. The van der Waals surface area contributed by atoms with Gasteiger partial charge >= 0.3 is 12.1 Å². The number of amides is 5. The molecule has 0 spiro atoms. The van der Waals surface area contributed by atoms with Gasteiger partial charge in [-0.05, 0) is 55.2 Å². The molecule has 288 valence electrons. The molecular formula is C40H50N6O8. The maximum atomic E-state index is 14.2. The number of primary amides is 1. The number of nitrogens with one attached hydrogen (secondary N) is 4. The molecule has 14 heteroatoms. The van der Waals surface area contributed by atoms with Crippen LogP contribution in [0.2, 0.25) is 0 Å². The summed E-state index contributed by atoms with van der Waals surface area (Å²) in [4.78, 5) is 83.7. The van der Waals surface area contributed by atoms with Crippen LogP contribution in [0.1, 0.15) is 64.5 Å². The Balaban J connectivity index is 1.57. The largest absolute Gasteiger partial charge is 0.481 e. The van der Waals surface area contributed by atoms with Crippen molar-refractivity contribution in [2.45, 2.75) is 96.0 Å². The van der Waals surface area contributed by atoms with Crippen LogP contribution in [-0.4, -0.2) is 87.5 Å². The zero-order chi connectivity index (χ0) is 39.6. The molecule has 4 aromatic rings. The van der Waals surface area contributed by atoms with E-state index in [-0.39, 0.29) is 19.3 Å². The SMILES string of the molecule is CCCC[C@@H](C(=O)N[C@@H](CC(=O)O)C(=O)N[C@@H](Cc1cccc2ccccc12)C(N)=O)N(C)C(=O)[C@@H](Cc1c[nH]c2ccccc12)NC(=O)OC(C)(C)C. The number of unbranched alkanes of at least 4 members (excludes halogenated alkanes) is 1. The maximum absolute atomic E-state index is 14.2. The van der Waals surface area contributed by atoms with E-state index in [1.807, 2.05) is 67.6 Å². The van der Waals surface area contributed by atoms with Gasteiger partial charge in [0, 0.05) is 37.0 Å². The molecule has 7 N–H and O–H groups in total. The minimum atomic E-state index is -1.61. The number of H-pyrrole nitrogens is 1. The Labute approximate surface area is 314 Å². The van der Waals surface area contributed by atoms with Crippen LogP contribution in [-0.2, 0) is 41.6 Å². The minimum Gasteiger partial charge on any atom is -0.481 e. The number of fused-ring (bicyclic) bond motifs is 2. The number of aliphatic carboxylic acids is 1. The lowest BCUT2D eigenvalue weighted by molar-refractivity contribution is -0.144. The molecule has 14 nitrogen and oxygen atoms in total. The Hall–Kier alpha value is -5.92. The first-order chi connectivity index (χ1) is 25.6. The number of aromatic nitrogens is 1. The number of carboxylic acid groups (broad SMARTS) is 1. The van der Waals surface area contributed by atoms with E-state index >= 15 is 0 Å². The third-order valence-electron chi connectivity index (χ3n) is 9.01. The molecule has 0 unspecified atom stereocenters. The molecule has 1 aromatic heterocycles. The van der Waals surface area contributed by atoms with Crippen molar-refractivity contribution in [3.63, 3.8) is 0 Å². The fraction of sp³-hybridized carbons (Fsp3) is 0.400. The van der Waals surface area contributed by atoms with Gasteiger partial charge in [0.2, 0.25) is 23.6 Å². The van der Waals surface area contributed by atoms with E-state index in [1.165, 1.54) is 11.9 Å². The fourth-order valence-electron chi connectivity index (χ4n) is 6.31. The molecule has 3 aromatic carbocycles. The summed E-state index contributed by atoms with van der Waals surface area (Å²) in [5, 5.41) is 20.1. The average molecular weight is 743 g/mol. The number of nitrogens with zero attached hydrogens (tertiary/aromatic N) is 1. The highest BCUT2D eigenvalue weighted by molar-refractivity contribution is 5.97. The second-order valence-corrected chi connectivity index (χ2v) is 14.3. The standard InChI is InChI=1S/C40H50N6O8/c1-6-7-19-33(46(5)38(52)32(45-39(53)54-40(2,3)4)21-26-23-42-29-18-11-10-17-28(26)29)37(51)44-31(22-34(47)48)36(50)43-30(35(41)49)20-25-15-12-14-24-13-8-9-16-27(24)25/h8-18,23,30-33,42H,6-7,19-22H2,1-5H3,(H2,41,49)(H,43,50)(H,44,51)(H,45,53)(H,47,48)/t30-,31-,32+,33-/m0/s1. The Morgan fingerprint density at radius 3 is 2.11 bits per heavy atom. The van der Waals surface area contributed by atoms with Crippen molar-refractivity contribution in [2.24, 2.45) is 5.73 Å². The van der Waals surface area contributed by atoms with E-state index < -0.39 is 71.9 Å². The van der Waals surface area contributed by atoms with E-state index in [9.17, 15) is 33.9 Å². The summed E-state index contributed by atoms with van der Waals surface area (Å²) in [5.74, 6) is -4.54. The number of alkyl carbamates (subject to hydrolysis) is 1. The van der Waals surface area contributed by atoms with Crippen LogP contribution in [0.15, 0.2) is 72.9 Å². The Kier molecular flexibility index (Phi) is 13.8. The van der Waals surface area contributed by atoms with Crippen molar-refractivity contribution < 1.29 is 38.6 Å². The number of ether oxygens (including phenoxy) is 1. The van der Waals surface area contributed by atoms with Gasteiger partial charge in [-0.15, -0.1) is 0 Å². The first-order valence-electron chi connectivity index (χ1n) is 18.0. The Morgan fingerprint density at radius 2 is 1.44 bits per heavy atom. The van der Waals surface area contributed by atoms with Gasteiger partial charge in [-0.2, -0.15) is 0 Å². The van der Waals surface area contributed by atoms with Crippen LogP contribution < -0.4 is 21.7 Å². The number of nitrogens with two attached hydrogens (primary N) is 1. The molecule has 1 heterocycles. The second kappa shape index (κ2) is 18.2. The van der Waals surface area contributed by atoms with Gasteiger partial charge in [0.25, 0.3) is 0 Å². The molecule has 4 atom stereocenters. The highest BCUT2D eigenvalue weighted by Crippen LogP contribution is 2.22. The minimum absolute atomic E-state index is 0.0228. The molecule has 54 heavy (non-hydrogen) atoms. The van der Waals surface area contributed by atoms with Crippen molar-refractivity contribution in [1.29, 1.82) is 0 Å². The van der Waals surface area contributed by atoms with E-state index in [1.54, 1.807) is 33.0 Å². The predicted octanol–water partition coefficient (Wildman–Crippen LogP) is 3.95. The number of para-hydroxylation sites is 1. The van der Waals surface area contributed by atoms with Gasteiger partial charge < -0.3 is 41.4 Å². The summed E-state index contributed by atoms with van der Waals surface area (Å²) in [7, 11) is 1.42. The molecule has 5 amide bonds. The zero-order valence-corrected chi connectivity index (χ0v) is 31.3. The van der Waals surface area contributed by atoms with Gasteiger partial charge in [0.15, 0.2) is 0 Å². The summed E-state index contributed by atoms with van der Waals surface area (Å²) in [6, 6.07) is 15.4. The van der Waals surface area contributed by atoms with E-state index in [0.29, 0.717) is 12.8 Å². The number of aromatic amines is 1. The molecule has 0 radical (unpaired) electrons. The summed E-state index contributed by atoms with van der Waals surface area (Å²) >= 11 is 0. The molecule has 4 rings (SSSR count). The van der Waals surface area contributed by atoms with Gasteiger partial charge in [-0.1, -0.05) is 80.4 Å². The normalized spacial score (nSPS) is 13.6. The van der Waals surface area contributed by atoms with Gasteiger partial charge in [-0.3, -0.25) is 24.0 Å². The lowest BCUT2D eigenvalue weighted by atomic mass is 9.98. The number of rotatable bonds is 17. The topological polar surface area (TPSA) is 213 Å². The van der Waals surface area contributed by atoms with Crippen molar-refractivity contribution in [1.82, 2.24) is 25.8 Å². The second-order valence-electron chi connectivity index (χ2n) is 14.3. The molecule has 0 fully saturated rings. The quantitative estimate of drug-likeness (QED) is 0.0930. The highest BCUT2D eigenvalue weighted by Gasteiger charge is 2.36. The van der Waals surface area contributed by atoms with Crippen LogP contribution in [0.3, 0.4) is 0 Å². The van der Waals surface area contributed by atoms with Crippen molar-refractivity contribution in [3.05, 3.63) is 84.1 Å². The lowest BCUT2D eigenvalue weighted by Crippen LogP contribution is -2.59. The monoisotopic (exact) mass is 742 g/mol. The number of hydrogen-bond donors (Lipinski definition) is 6. The van der Waals surface area contributed by atoms with Gasteiger partial charge in [-0.25, -0.2) is 4.79 Å². The number of hydrogen-bond acceptors (Lipinski definition) is 7. The van der Waals surface area contributed by atoms with Crippen molar-refractivity contribution in [3.8, 4) is 0 Å². The third-order valence-corrected chi connectivity index (χ3v) is 9.01. The van der Waals surface area contributed by atoms with Crippen LogP contribution >= 0.6 is 0 Å². The first kappa shape index (κ1) is 40.8. The van der Waals surface area contributed by atoms with Crippen LogP contribution in [0, 0.1) is 0 Å². The van der Waals surface area contributed by atoms with E-state index in [4.69, 9.17) is 10.5 Å². The lowest BCUT2D eigenvalue weighted by Gasteiger charge is -2.32. The van der Waals surface area contributed by atoms with Gasteiger partial charge in [0.05, 0.1) is 6.42 Å². The number of likely N-dealkylation sites (N-methyl/N-ethyl adjacent to an activating group) is 1. The van der Waals surface area contributed by atoms with Crippen LogP contribution in [0.4, 0.5) is 4.79 Å². The van der Waals surface area contributed by atoms with Gasteiger partial charge in [0.1, 0.15) is 29.8 Å². The fourth-order valence-corrected chi connectivity index (χ4v) is 6.31. The number of carbonyl (C=O) groups is 6. The number of carbonyl (C=O) groups excluding carboxylic acids is 5. The molecule has 0 aliphatic carbocycles. The van der Waals surface area contributed by atoms with Crippen LogP contribution in [0.25, 0.3) is 21.7 Å². The molecule has 0 saturated carbocycles. The average Bonchev–Trinajstić information content (AvgIpc) is 3.52. The molecule has 0 bridgehead atoms. The molecule has 0 saturated heterocycles. The van der Waals surface area contributed by atoms with E-state index in [0.717, 1.165) is 32.8 Å². The summed E-state index contributed by atoms with van der Waals surface area (Å²) in [6.45, 7) is 6.99. The van der Waals surface area contributed by atoms with Crippen molar-refractivity contribution >= 4 is 57.4 Å². The van der Waals surface area contributed by atoms with Crippen LogP contribution in [0.5, 0.6) is 0 Å². The molecule has 0 aliphatic rings. The molecular weight excluding hydrogens is 692 g/mol. The smallest absolute Gasteiger partial charge is 0.408 e. The Bertz CT molecular complexity index is 1980. The summed E-state index contributed by atoms with van der Waals surface area (Å²) in [5.41, 5.74) is 7.15. The highest BCUT2D eigenvalue weighted by atomic mass is 16.6. The van der Waals surface area contributed by atoms with Crippen molar-refractivity contribution in [2.75, 3.05) is 7.05 Å². The zero-order valence-electron chi connectivity index (χ0n) is 31.3. The number of carboxylic acids is 1. The predicted molar refractivity (Wildman–Crippen MR) is 204 cm³/mol. The Morgan fingerprint density at radius 1 is 0.815 bits per heavy atom. The summed E-state index contributed by atoms with van der Waals surface area (Å²) < 4.78 is 5.46. The third kappa shape index (κ3) is 11.0. The van der Waals surface area contributed by atoms with E-state index in [2.05, 4.69) is 20.9 Å².